The van der Waals surface area contributed by atoms with Gasteiger partial charge < -0.3 is 5.32 Å². The number of anilines is 1. The first-order valence-corrected chi connectivity index (χ1v) is 10.0. The summed E-state index contributed by atoms with van der Waals surface area (Å²) in [6, 6.07) is 10.2. The number of carbonyl (C=O) groups excluding carboxylic acids is 1. The third-order valence-corrected chi connectivity index (χ3v) is 5.11. The van der Waals surface area contributed by atoms with Crippen LogP contribution in [0.3, 0.4) is 0 Å². The smallest absolute Gasteiger partial charge is 0.320 e. The van der Waals surface area contributed by atoms with Crippen molar-refractivity contribution in [3.8, 4) is 11.3 Å². The Morgan fingerprint density at radius 3 is 2.12 bits per heavy atom. The lowest BCUT2D eigenvalue weighted by Gasteiger charge is -2.13. The van der Waals surface area contributed by atoms with Crippen molar-refractivity contribution in [2.45, 2.75) is 12.4 Å². The Morgan fingerprint density at radius 2 is 1.50 bits per heavy atom. The van der Waals surface area contributed by atoms with Crippen molar-refractivity contribution < 1.29 is 31.1 Å². The molecule has 1 amide bonds. The van der Waals surface area contributed by atoms with Crippen molar-refractivity contribution in [3.63, 3.8) is 0 Å². The average molecular weight is 519 g/mol. The van der Waals surface area contributed by atoms with Gasteiger partial charge in [-0.15, -0.1) is 0 Å². The lowest BCUT2D eigenvalue weighted by Crippen LogP contribution is -2.18. The highest BCUT2D eigenvalue weighted by Crippen LogP contribution is 2.37. The van der Waals surface area contributed by atoms with Crippen LogP contribution in [-0.4, -0.2) is 20.5 Å². The first-order chi connectivity index (χ1) is 15.8. The van der Waals surface area contributed by atoms with Crippen LogP contribution in [0.5, 0.6) is 0 Å². The Labute approximate surface area is 196 Å². The van der Waals surface area contributed by atoms with E-state index in [1.807, 2.05) is 5.32 Å². The molecule has 0 aliphatic carbocycles. The van der Waals surface area contributed by atoms with Gasteiger partial charge in [-0.25, -0.2) is 9.50 Å². The molecule has 2 aromatic carbocycles. The minimum atomic E-state index is -4.87. The highest BCUT2D eigenvalue weighted by atomic mass is 35.5. The van der Waals surface area contributed by atoms with E-state index in [1.54, 1.807) is 0 Å². The second kappa shape index (κ2) is 8.48. The van der Waals surface area contributed by atoms with Gasteiger partial charge in [0.1, 0.15) is 0 Å². The highest BCUT2D eigenvalue weighted by molar-refractivity contribution is 6.31. The van der Waals surface area contributed by atoms with E-state index in [-0.39, 0.29) is 16.4 Å². The van der Waals surface area contributed by atoms with Gasteiger partial charge in [0.2, 0.25) is 0 Å². The Bertz CT molecular complexity index is 1400. The molecule has 2 aromatic heterocycles. The van der Waals surface area contributed by atoms with Crippen LogP contribution in [0.2, 0.25) is 10.0 Å². The van der Waals surface area contributed by atoms with Gasteiger partial charge in [-0.2, -0.15) is 31.4 Å². The van der Waals surface area contributed by atoms with Crippen molar-refractivity contribution >= 4 is 40.4 Å². The first-order valence-electron chi connectivity index (χ1n) is 9.25. The van der Waals surface area contributed by atoms with Gasteiger partial charge in [0.05, 0.1) is 16.9 Å². The predicted molar refractivity (Wildman–Crippen MR) is 113 cm³/mol. The summed E-state index contributed by atoms with van der Waals surface area (Å²) in [6.45, 7) is 0. The number of hydrogen-bond acceptors (Lipinski definition) is 3. The van der Waals surface area contributed by atoms with E-state index in [1.165, 1.54) is 24.3 Å². The molecule has 0 bridgehead atoms. The molecule has 0 saturated heterocycles. The lowest BCUT2D eigenvalue weighted by atomic mass is 10.1. The quantitative estimate of drug-likeness (QED) is 0.297. The van der Waals surface area contributed by atoms with Crippen molar-refractivity contribution in [3.05, 3.63) is 81.6 Å². The second-order valence-corrected chi connectivity index (χ2v) is 7.85. The van der Waals surface area contributed by atoms with E-state index in [0.29, 0.717) is 21.2 Å². The minimum Gasteiger partial charge on any atom is -0.320 e. The van der Waals surface area contributed by atoms with Crippen LogP contribution in [-0.2, 0) is 12.4 Å². The van der Waals surface area contributed by atoms with Crippen LogP contribution in [0.25, 0.3) is 16.9 Å². The van der Waals surface area contributed by atoms with Gasteiger partial charge in [0.15, 0.2) is 17.0 Å². The number of carbonyl (C=O) groups is 1. The van der Waals surface area contributed by atoms with Gasteiger partial charge >= 0.3 is 12.4 Å². The normalized spacial score (nSPS) is 12.2. The van der Waals surface area contributed by atoms with Crippen LogP contribution in [0, 0.1) is 0 Å². The number of amides is 1. The summed E-state index contributed by atoms with van der Waals surface area (Å²) in [4.78, 5) is 16.7. The summed E-state index contributed by atoms with van der Waals surface area (Å²) in [5.41, 5.74) is -3.75. The molecular formula is C21H10Cl2F6N4O. The third-order valence-electron chi connectivity index (χ3n) is 4.63. The highest BCUT2D eigenvalue weighted by Gasteiger charge is 2.36. The van der Waals surface area contributed by atoms with E-state index in [4.69, 9.17) is 23.2 Å². The molecule has 0 spiro atoms. The molecule has 13 heteroatoms. The van der Waals surface area contributed by atoms with E-state index in [0.717, 1.165) is 24.3 Å². The topological polar surface area (TPSA) is 59.3 Å². The van der Waals surface area contributed by atoms with Crippen LogP contribution >= 0.6 is 23.2 Å². The third kappa shape index (κ3) is 4.80. The number of rotatable bonds is 3. The summed E-state index contributed by atoms with van der Waals surface area (Å²) in [5.74, 6) is -1.17. The zero-order chi connectivity index (χ0) is 24.8. The fourth-order valence-corrected chi connectivity index (χ4v) is 3.40. The van der Waals surface area contributed by atoms with Gasteiger partial charge in [-0.3, -0.25) is 4.79 Å². The van der Waals surface area contributed by atoms with E-state index in [9.17, 15) is 31.1 Å². The zero-order valence-electron chi connectivity index (χ0n) is 16.5. The molecule has 2 heterocycles. The molecule has 0 unspecified atom stereocenters. The maximum absolute atomic E-state index is 13.7. The van der Waals surface area contributed by atoms with Crippen molar-refractivity contribution in [2.75, 3.05) is 5.32 Å². The van der Waals surface area contributed by atoms with Crippen molar-refractivity contribution in [1.29, 1.82) is 0 Å². The number of nitrogens with one attached hydrogen (secondary N) is 1. The molecule has 0 fully saturated rings. The first kappa shape index (κ1) is 23.8. The number of nitrogens with zero attached hydrogens (tertiary/aromatic N) is 3. The summed E-state index contributed by atoms with van der Waals surface area (Å²) < 4.78 is 81.4. The SMILES string of the molecule is O=C(Nc1ccc(Cl)cc1C(F)(F)F)c1cc2nc(-c3ccc(Cl)cc3)cc(C(F)(F)F)n2n1. The Kier molecular flexibility index (Phi) is 5.94. The monoisotopic (exact) mass is 518 g/mol. The molecule has 1 N–H and O–H groups in total. The molecule has 4 rings (SSSR count). The maximum Gasteiger partial charge on any atom is 0.433 e. The van der Waals surface area contributed by atoms with E-state index in [2.05, 4.69) is 10.1 Å². The Balaban J connectivity index is 1.78. The molecule has 4 aromatic rings. The van der Waals surface area contributed by atoms with E-state index >= 15 is 0 Å². The number of alkyl halides is 6. The molecule has 34 heavy (non-hydrogen) atoms. The maximum atomic E-state index is 13.7. The molecular weight excluding hydrogens is 509 g/mol. The van der Waals surface area contributed by atoms with Crippen molar-refractivity contribution in [2.24, 2.45) is 0 Å². The fraction of sp³-hybridized carbons (Fsp3) is 0.0952. The van der Waals surface area contributed by atoms with Gasteiger partial charge in [-0.05, 0) is 36.4 Å². The minimum absolute atomic E-state index is 0.0691. The molecule has 0 radical (unpaired) electrons. The summed E-state index contributed by atoms with van der Waals surface area (Å²) in [5, 5.41) is 5.79. The summed E-state index contributed by atoms with van der Waals surface area (Å²) >= 11 is 11.4. The van der Waals surface area contributed by atoms with Gasteiger partial charge in [0, 0.05) is 21.7 Å². The standard InChI is InChI=1S/C21H10Cl2F6N4O/c22-11-3-1-10(2-4-11)15-8-17(21(27,28)29)33-18(30-15)9-16(32-33)19(34)31-14-6-5-12(23)7-13(14)20(24,25)26/h1-9H,(H,31,34). The molecule has 0 saturated carbocycles. The van der Waals surface area contributed by atoms with E-state index < -0.39 is 40.9 Å². The molecule has 0 aliphatic rings. The van der Waals surface area contributed by atoms with Gasteiger partial charge in [0.25, 0.3) is 5.91 Å². The fourth-order valence-electron chi connectivity index (χ4n) is 3.10. The van der Waals surface area contributed by atoms with Crippen LogP contribution < -0.4 is 5.32 Å². The zero-order valence-corrected chi connectivity index (χ0v) is 18.0. The molecule has 5 nitrogen and oxygen atoms in total. The predicted octanol–water partition coefficient (Wildman–Crippen LogP) is 6.99. The number of fused-ring (bicyclic) bond motifs is 1. The number of benzene rings is 2. The van der Waals surface area contributed by atoms with Crippen LogP contribution in [0.1, 0.15) is 21.7 Å². The number of aromatic nitrogens is 3. The summed E-state index contributed by atoms with van der Waals surface area (Å²) in [7, 11) is 0. The lowest BCUT2D eigenvalue weighted by molar-refractivity contribution is -0.142. The van der Waals surface area contributed by atoms with Crippen LogP contribution in [0.4, 0.5) is 32.0 Å². The number of hydrogen-bond donors (Lipinski definition) is 1. The number of halogens is 8. The Hall–Kier alpha value is -3.31. The van der Waals surface area contributed by atoms with Crippen molar-refractivity contribution in [1.82, 2.24) is 14.6 Å². The van der Waals surface area contributed by atoms with Crippen LogP contribution in [0.15, 0.2) is 54.6 Å². The summed E-state index contributed by atoms with van der Waals surface area (Å²) in [6.07, 6.45) is -9.72. The van der Waals surface area contributed by atoms with Gasteiger partial charge in [-0.1, -0.05) is 35.3 Å². The second-order valence-electron chi connectivity index (χ2n) is 6.97. The molecule has 176 valence electrons. The Morgan fingerprint density at radius 1 is 0.853 bits per heavy atom. The largest absolute Gasteiger partial charge is 0.433 e. The molecule has 0 aliphatic heterocycles. The molecule has 0 atom stereocenters. The average Bonchev–Trinajstić information content (AvgIpc) is 3.17.